The predicted molar refractivity (Wildman–Crippen MR) is 110 cm³/mol. The Morgan fingerprint density at radius 3 is 2.62 bits per heavy atom. The number of nitrogens with zero attached hydrogens (tertiary/aromatic N) is 6. The van der Waals surface area contributed by atoms with Crippen LogP contribution in [0, 0.1) is 0 Å². The topological polar surface area (TPSA) is 99.4 Å². The van der Waals surface area contributed by atoms with E-state index in [0.29, 0.717) is 24.6 Å². The molecule has 3 rings (SSSR count). The van der Waals surface area contributed by atoms with Crippen molar-refractivity contribution in [1.29, 1.82) is 0 Å². The van der Waals surface area contributed by atoms with E-state index in [1.807, 2.05) is 49.3 Å². The van der Waals surface area contributed by atoms with Crippen molar-refractivity contribution in [2.24, 2.45) is 7.05 Å². The molecule has 0 saturated carbocycles. The second-order valence-corrected chi connectivity index (χ2v) is 7.03. The fourth-order valence-corrected chi connectivity index (χ4v) is 2.86. The van der Waals surface area contributed by atoms with E-state index in [-0.39, 0.29) is 11.8 Å². The van der Waals surface area contributed by atoms with E-state index in [2.05, 4.69) is 20.8 Å². The molecule has 0 fully saturated rings. The van der Waals surface area contributed by atoms with Crippen LogP contribution in [0.1, 0.15) is 5.56 Å². The van der Waals surface area contributed by atoms with Crippen molar-refractivity contribution in [3.8, 4) is 17.1 Å². The van der Waals surface area contributed by atoms with Crippen molar-refractivity contribution in [1.82, 2.24) is 30.0 Å². The highest BCUT2D eigenvalue weighted by Gasteiger charge is 2.16. The molecular weight excluding hydrogens is 370 g/mol. The number of aryl methyl sites for hydroxylation is 1. The highest BCUT2D eigenvalue weighted by molar-refractivity contribution is 5.90. The molecule has 0 unspecified atom stereocenters. The van der Waals surface area contributed by atoms with Crippen LogP contribution in [0.3, 0.4) is 0 Å². The number of tetrazole rings is 1. The van der Waals surface area contributed by atoms with Crippen LogP contribution in [0.2, 0.25) is 0 Å². The molecule has 0 aliphatic rings. The number of hydrogen-bond acceptors (Lipinski definition) is 6. The number of anilines is 1. The maximum atomic E-state index is 13.0. The number of aromatic nitrogens is 4. The molecule has 9 heteroatoms. The minimum atomic E-state index is -0.219. The molecule has 2 amide bonds. The molecule has 2 N–H and O–H groups in total. The number of nitrogens with one attached hydrogen (secondary N) is 1. The number of aromatic hydroxyl groups is 1. The number of amides is 2. The van der Waals surface area contributed by atoms with Crippen LogP contribution in [-0.2, 0) is 13.6 Å². The first-order chi connectivity index (χ1) is 13.9. The number of benzene rings is 2. The SMILES string of the molecule is CN(C)CCN(Cc1cccc(O)c1)C(=O)Nc1cccc(-c2nnnn2C)c1. The van der Waals surface area contributed by atoms with Gasteiger partial charge in [-0.25, -0.2) is 9.48 Å². The standard InChI is InChI=1S/C20H25N7O2/c1-25(2)10-11-27(14-15-6-4-9-18(28)12-15)20(29)21-17-8-5-7-16(13-17)19-22-23-24-26(19)3/h4-9,12-13,28H,10-11,14H2,1-3H3,(H,21,29). The van der Waals surface area contributed by atoms with Gasteiger partial charge in [-0.3, -0.25) is 0 Å². The zero-order valence-corrected chi connectivity index (χ0v) is 16.8. The summed E-state index contributed by atoms with van der Waals surface area (Å²) in [5.41, 5.74) is 2.32. The minimum absolute atomic E-state index is 0.181. The zero-order valence-electron chi connectivity index (χ0n) is 16.8. The van der Waals surface area contributed by atoms with Crippen molar-refractivity contribution in [2.75, 3.05) is 32.5 Å². The van der Waals surface area contributed by atoms with E-state index in [1.54, 1.807) is 34.8 Å². The number of hydrogen-bond donors (Lipinski definition) is 2. The van der Waals surface area contributed by atoms with E-state index in [0.717, 1.165) is 17.7 Å². The van der Waals surface area contributed by atoms with E-state index < -0.39 is 0 Å². The lowest BCUT2D eigenvalue weighted by atomic mass is 10.2. The average Bonchev–Trinajstić information content (AvgIpc) is 3.11. The normalized spacial score (nSPS) is 10.9. The Morgan fingerprint density at radius 1 is 1.14 bits per heavy atom. The maximum Gasteiger partial charge on any atom is 0.322 e. The second-order valence-electron chi connectivity index (χ2n) is 7.03. The van der Waals surface area contributed by atoms with E-state index in [1.165, 1.54) is 0 Å². The Hall–Kier alpha value is -3.46. The monoisotopic (exact) mass is 395 g/mol. The molecule has 29 heavy (non-hydrogen) atoms. The average molecular weight is 395 g/mol. The Morgan fingerprint density at radius 2 is 1.93 bits per heavy atom. The number of phenols is 1. The number of phenolic OH excluding ortho intramolecular Hbond substituents is 1. The van der Waals surface area contributed by atoms with Crippen molar-refractivity contribution in [3.63, 3.8) is 0 Å². The summed E-state index contributed by atoms with van der Waals surface area (Å²) in [7, 11) is 5.69. The third-order valence-electron chi connectivity index (χ3n) is 4.38. The largest absolute Gasteiger partial charge is 0.508 e. The molecule has 2 aromatic carbocycles. The second kappa shape index (κ2) is 9.16. The van der Waals surface area contributed by atoms with Gasteiger partial charge < -0.3 is 20.2 Å². The molecular formula is C20H25N7O2. The molecule has 3 aromatic rings. The van der Waals surface area contributed by atoms with Crippen LogP contribution < -0.4 is 5.32 Å². The molecule has 1 heterocycles. The van der Waals surface area contributed by atoms with Crippen LogP contribution in [-0.4, -0.2) is 68.3 Å². The lowest BCUT2D eigenvalue weighted by molar-refractivity contribution is 0.202. The van der Waals surface area contributed by atoms with E-state index in [9.17, 15) is 9.90 Å². The van der Waals surface area contributed by atoms with Gasteiger partial charge in [-0.05, 0) is 54.4 Å². The van der Waals surface area contributed by atoms with Gasteiger partial charge >= 0.3 is 6.03 Å². The quantitative estimate of drug-likeness (QED) is 0.636. The molecule has 0 bridgehead atoms. The molecule has 9 nitrogen and oxygen atoms in total. The third kappa shape index (κ3) is 5.52. The highest BCUT2D eigenvalue weighted by atomic mass is 16.3. The fourth-order valence-electron chi connectivity index (χ4n) is 2.86. The summed E-state index contributed by atoms with van der Waals surface area (Å²) in [6.45, 7) is 1.65. The molecule has 0 saturated heterocycles. The van der Waals surface area contributed by atoms with Gasteiger partial charge in [0.1, 0.15) is 5.75 Å². The van der Waals surface area contributed by atoms with Crippen LogP contribution >= 0.6 is 0 Å². The number of likely N-dealkylation sites (N-methyl/N-ethyl adjacent to an activating group) is 1. The molecule has 1 aromatic heterocycles. The summed E-state index contributed by atoms with van der Waals surface area (Å²) in [5.74, 6) is 0.797. The Balaban J connectivity index is 1.76. The lowest BCUT2D eigenvalue weighted by Gasteiger charge is -2.25. The molecule has 0 spiro atoms. The van der Waals surface area contributed by atoms with Crippen molar-refractivity contribution >= 4 is 11.7 Å². The van der Waals surface area contributed by atoms with Crippen molar-refractivity contribution < 1.29 is 9.90 Å². The first-order valence-electron chi connectivity index (χ1n) is 9.24. The summed E-state index contributed by atoms with van der Waals surface area (Å²) >= 11 is 0. The maximum absolute atomic E-state index is 13.0. The van der Waals surface area contributed by atoms with Crippen LogP contribution in [0.5, 0.6) is 5.75 Å². The molecule has 152 valence electrons. The number of rotatable bonds is 7. The minimum Gasteiger partial charge on any atom is -0.508 e. The number of urea groups is 1. The van der Waals surface area contributed by atoms with Crippen molar-refractivity contribution in [2.45, 2.75) is 6.54 Å². The van der Waals surface area contributed by atoms with Gasteiger partial charge in [-0.15, -0.1) is 5.10 Å². The number of carbonyl (C=O) groups is 1. The Bertz CT molecular complexity index is 971. The van der Waals surface area contributed by atoms with E-state index >= 15 is 0 Å². The van der Waals surface area contributed by atoms with Gasteiger partial charge in [0, 0.05) is 37.9 Å². The smallest absolute Gasteiger partial charge is 0.322 e. The lowest BCUT2D eigenvalue weighted by Crippen LogP contribution is -2.39. The van der Waals surface area contributed by atoms with Crippen LogP contribution in [0.15, 0.2) is 48.5 Å². The predicted octanol–water partition coefficient (Wildman–Crippen LogP) is 2.18. The summed E-state index contributed by atoms with van der Waals surface area (Å²) in [6.07, 6.45) is 0. The van der Waals surface area contributed by atoms with Gasteiger partial charge in [-0.1, -0.05) is 24.3 Å². The zero-order chi connectivity index (χ0) is 20.8. The Labute approximate surface area is 169 Å². The number of carbonyl (C=O) groups excluding carboxylic acids is 1. The molecule has 0 atom stereocenters. The third-order valence-corrected chi connectivity index (χ3v) is 4.38. The first-order valence-corrected chi connectivity index (χ1v) is 9.24. The van der Waals surface area contributed by atoms with Crippen LogP contribution in [0.4, 0.5) is 10.5 Å². The molecule has 0 radical (unpaired) electrons. The highest BCUT2D eigenvalue weighted by Crippen LogP contribution is 2.20. The van der Waals surface area contributed by atoms with Gasteiger partial charge in [-0.2, -0.15) is 0 Å². The Kier molecular flexibility index (Phi) is 6.40. The first kappa shape index (κ1) is 20.3. The van der Waals surface area contributed by atoms with E-state index in [4.69, 9.17) is 0 Å². The fraction of sp³-hybridized carbons (Fsp3) is 0.300. The summed E-state index contributed by atoms with van der Waals surface area (Å²) < 4.78 is 1.58. The van der Waals surface area contributed by atoms with Gasteiger partial charge in [0.05, 0.1) is 0 Å². The molecule has 0 aliphatic carbocycles. The van der Waals surface area contributed by atoms with Crippen LogP contribution in [0.25, 0.3) is 11.4 Å². The van der Waals surface area contributed by atoms with Gasteiger partial charge in [0.25, 0.3) is 0 Å². The summed E-state index contributed by atoms with van der Waals surface area (Å²) in [6, 6.07) is 14.1. The van der Waals surface area contributed by atoms with Gasteiger partial charge in [0.2, 0.25) is 0 Å². The van der Waals surface area contributed by atoms with Gasteiger partial charge in [0.15, 0.2) is 5.82 Å². The molecule has 0 aliphatic heterocycles. The summed E-state index contributed by atoms with van der Waals surface area (Å²) in [5, 5.41) is 24.2. The summed E-state index contributed by atoms with van der Waals surface area (Å²) in [4.78, 5) is 16.7. The van der Waals surface area contributed by atoms with Crippen molar-refractivity contribution in [3.05, 3.63) is 54.1 Å².